The van der Waals surface area contributed by atoms with Gasteiger partial charge in [-0.1, -0.05) is 13.3 Å². The van der Waals surface area contributed by atoms with Gasteiger partial charge in [0, 0.05) is 18.6 Å². The normalized spacial score (nSPS) is 44.4. The second-order valence-electron chi connectivity index (χ2n) is 5.72. The van der Waals surface area contributed by atoms with E-state index in [1.54, 1.807) is 6.42 Å². The largest absolute Gasteiger partial charge is 0.315 e. The Bertz CT molecular complexity index is 223. The van der Waals surface area contributed by atoms with Crippen molar-refractivity contribution in [3.63, 3.8) is 0 Å². The highest BCUT2D eigenvalue weighted by Crippen LogP contribution is 2.47. The summed E-state index contributed by atoms with van der Waals surface area (Å²) in [6.45, 7) is 6.09. The Morgan fingerprint density at radius 2 is 2.13 bits per heavy atom. The average Bonchev–Trinajstić information content (AvgIpc) is 2.94. The van der Waals surface area contributed by atoms with E-state index in [2.05, 4.69) is 17.1 Å². The minimum absolute atomic E-state index is 0.847. The molecule has 0 spiro atoms. The second-order valence-corrected chi connectivity index (χ2v) is 5.72. The van der Waals surface area contributed by atoms with Gasteiger partial charge < -0.3 is 5.32 Å². The number of hydrogen-bond donors (Lipinski definition) is 1. The molecule has 0 amide bonds. The van der Waals surface area contributed by atoms with E-state index in [9.17, 15) is 0 Å². The molecule has 3 rings (SSSR count). The summed E-state index contributed by atoms with van der Waals surface area (Å²) in [6, 6.07) is 1.79. The van der Waals surface area contributed by atoms with Crippen molar-refractivity contribution in [1.82, 2.24) is 10.2 Å². The maximum atomic E-state index is 3.51. The van der Waals surface area contributed by atoms with Crippen LogP contribution in [0.1, 0.15) is 39.0 Å². The molecule has 0 aromatic heterocycles. The average molecular weight is 208 g/mol. The van der Waals surface area contributed by atoms with Crippen molar-refractivity contribution in [3.05, 3.63) is 0 Å². The smallest absolute Gasteiger partial charge is 0.0235 e. The molecular formula is C13H24N2. The molecule has 4 unspecified atom stereocenters. The van der Waals surface area contributed by atoms with Crippen LogP contribution in [0.2, 0.25) is 0 Å². The first-order chi connectivity index (χ1) is 7.38. The standard InChI is InChI=1S/C13H24N2/c1-2-15(12-5-6-14-9-12)13-8-10-3-4-11(13)7-10/h10-14H,2-9H2,1H3. The van der Waals surface area contributed by atoms with Gasteiger partial charge in [-0.15, -0.1) is 0 Å². The van der Waals surface area contributed by atoms with E-state index in [1.807, 2.05) is 0 Å². The van der Waals surface area contributed by atoms with Gasteiger partial charge in [0.15, 0.2) is 0 Å². The third kappa shape index (κ3) is 1.72. The number of nitrogens with one attached hydrogen (secondary N) is 1. The molecule has 3 fully saturated rings. The van der Waals surface area contributed by atoms with Crippen molar-refractivity contribution >= 4 is 0 Å². The molecule has 3 aliphatic rings. The van der Waals surface area contributed by atoms with Crippen molar-refractivity contribution in [1.29, 1.82) is 0 Å². The summed E-state index contributed by atoms with van der Waals surface area (Å²) in [6.07, 6.45) is 7.48. The van der Waals surface area contributed by atoms with Gasteiger partial charge in [0.05, 0.1) is 0 Å². The molecule has 1 N–H and O–H groups in total. The topological polar surface area (TPSA) is 15.3 Å². The molecule has 2 bridgehead atoms. The third-order valence-corrected chi connectivity index (χ3v) is 5.00. The second kappa shape index (κ2) is 4.06. The minimum atomic E-state index is 0.847. The van der Waals surface area contributed by atoms with Crippen LogP contribution < -0.4 is 5.32 Å². The van der Waals surface area contributed by atoms with Crippen molar-refractivity contribution < 1.29 is 0 Å². The first-order valence-corrected chi connectivity index (χ1v) is 6.85. The third-order valence-electron chi connectivity index (χ3n) is 5.00. The summed E-state index contributed by atoms with van der Waals surface area (Å²) in [5.41, 5.74) is 0. The molecule has 86 valence electrons. The first kappa shape index (κ1) is 10.1. The Hall–Kier alpha value is -0.0800. The van der Waals surface area contributed by atoms with Crippen LogP contribution >= 0.6 is 0 Å². The predicted octanol–water partition coefficient (Wildman–Crippen LogP) is 1.86. The molecule has 15 heavy (non-hydrogen) atoms. The van der Waals surface area contributed by atoms with Crippen molar-refractivity contribution in [2.24, 2.45) is 11.8 Å². The van der Waals surface area contributed by atoms with Crippen LogP contribution in [-0.2, 0) is 0 Å². The van der Waals surface area contributed by atoms with Gasteiger partial charge in [-0.3, -0.25) is 4.90 Å². The fourth-order valence-electron chi connectivity index (χ4n) is 4.30. The summed E-state index contributed by atoms with van der Waals surface area (Å²) < 4.78 is 0. The fraction of sp³-hybridized carbons (Fsp3) is 1.00. The van der Waals surface area contributed by atoms with Gasteiger partial charge >= 0.3 is 0 Å². The molecule has 1 aliphatic heterocycles. The molecular weight excluding hydrogens is 184 g/mol. The monoisotopic (exact) mass is 208 g/mol. The van der Waals surface area contributed by atoms with Gasteiger partial charge in [0.2, 0.25) is 0 Å². The number of nitrogens with zero attached hydrogens (tertiary/aromatic N) is 1. The molecule has 0 aromatic carbocycles. The van der Waals surface area contributed by atoms with Gasteiger partial charge in [-0.05, 0) is 50.6 Å². The quantitative estimate of drug-likeness (QED) is 0.761. The van der Waals surface area contributed by atoms with Crippen molar-refractivity contribution in [2.45, 2.75) is 51.1 Å². The highest BCUT2D eigenvalue weighted by molar-refractivity contribution is 4.97. The highest BCUT2D eigenvalue weighted by atomic mass is 15.2. The predicted molar refractivity (Wildman–Crippen MR) is 62.9 cm³/mol. The lowest BCUT2D eigenvalue weighted by atomic mass is 9.92. The molecule has 0 aromatic rings. The van der Waals surface area contributed by atoms with E-state index in [-0.39, 0.29) is 0 Å². The summed E-state index contributed by atoms with van der Waals surface area (Å²) in [5, 5.41) is 3.51. The maximum absolute atomic E-state index is 3.51. The Morgan fingerprint density at radius 3 is 2.67 bits per heavy atom. The zero-order valence-corrected chi connectivity index (χ0v) is 9.91. The number of rotatable bonds is 3. The molecule has 2 nitrogen and oxygen atoms in total. The Labute approximate surface area is 93.4 Å². The molecule has 1 saturated heterocycles. The van der Waals surface area contributed by atoms with Crippen molar-refractivity contribution in [3.8, 4) is 0 Å². The van der Waals surface area contributed by atoms with Gasteiger partial charge in [0.1, 0.15) is 0 Å². The SMILES string of the molecule is CCN(C1CCNC1)C1CC2CCC1C2. The molecule has 2 saturated carbocycles. The summed E-state index contributed by atoms with van der Waals surface area (Å²) in [5.74, 6) is 2.14. The van der Waals surface area contributed by atoms with E-state index in [0.717, 1.165) is 23.9 Å². The molecule has 2 heteroatoms. The summed E-state index contributed by atoms with van der Waals surface area (Å²) in [7, 11) is 0. The minimum Gasteiger partial charge on any atom is -0.315 e. The highest BCUT2D eigenvalue weighted by Gasteiger charge is 2.43. The van der Waals surface area contributed by atoms with E-state index in [1.165, 1.54) is 45.3 Å². The van der Waals surface area contributed by atoms with Crippen LogP contribution in [0.4, 0.5) is 0 Å². The number of likely N-dealkylation sites (N-methyl/N-ethyl adjacent to an activating group) is 1. The lowest BCUT2D eigenvalue weighted by Crippen LogP contribution is -2.46. The Kier molecular flexibility index (Phi) is 2.73. The number of fused-ring (bicyclic) bond motifs is 2. The van der Waals surface area contributed by atoms with Gasteiger partial charge in [0.25, 0.3) is 0 Å². The van der Waals surface area contributed by atoms with Crippen LogP contribution in [0.25, 0.3) is 0 Å². The Morgan fingerprint density at radius 1 is 1.20 bits per heavy atom. The molecule has 2 aliphatic carbocycles. The van der Waals surface area contributed by atoms with E-state index >= 15 is 0 Å². The van der Waals surface area contributed by atoms with Gasteiger partial charge in [-0.25, -0.2) is 0 Å². The van der Waals surface area contributed by atoms with Crippen LogP contribution in [0.3, 0.4) is 0 Å². The number of hydrogen-bond acceptors (Lipinski definition) is 2. The van der Waals surface area contributed by atoms with E-state index < -0.39 is 0 Å². The van der Waals surface area contributed by atoms with E-state index in [0.29, 0.717) is 0 Å². The lowest BCUT2D eigenvalue weighted by Gasteiger charge is -2.37. The molecule has 4 atom stereocenters. The van der Waals surface area contributed by atoms with Crippen LogP contribution in [0.15, 0.2) is 0 Å². The molecule has 1 heterocycles. The molecule has 0 radical (unpaired) electrons. The van der Waals surface area contributed by atoms with E-state index in [4.69, 9.17) is 0 Å². The zero-order valence-electron chi connectivity index (χ0n) is 9.91. The maximum Gasteiger partial charge on any atom is 0.0235 e. The van der Waals surface area contributed by atoms with Gasteiger partial charge in [-0.2, -0.15) is 0 Å². The van der Waals surface area contributed by atoms with Crippen LogP contribution in [-0.4, -0.2) is 36.6 Å². The lowest BCUT2D eigenvalue weighted by molar-refractivity contribution is 0.107. The fourth-order valence-corrected chi connectivity index (χ4v) is 4.30. The van der Waals surface area contributed by atoms with Crippen LogP contribution in [0, 0.1) is 11.8 Å². The Balaban J connectivity index is 1.68. The van der Waals surface area contributed by atoms with Crippen molar-refractivity contribution in [2.75, 3.05) is 19.6 Å². The van der Waals surface area contributed by atoms with Crippen LogP contribution in [0.5, 0.6) is 0 Å². The first-order valence-electron chi connectivity index (χ1n) is 6.85. The summed E-state index contributed by atoms with van der Waals surface area (Å²) >= 11 is 0. The summed E-state index contributed by atoms with van der Waals surface area (Å²) in [4.78, 5) is 2.82. The zero-order chi connectivity index (χ0) is 10.3.